The van der Waals surface area contributed by atoms with Gasteiger partial charge in [-0.05, 0) is 51.5 Å². The zero-order valence-electron chi connectivity index (χ0n) is 15.6. The number of thioether (sulfide) groups is 1. The Morgan fingerprint density at radius 2 is 2.07 bits per heavy atom. The minimum Gasteiger partial charge on any atom is -0.353 e. The van der Waals surface area contributed by atoms with E-state index in [0.717, 1.165) is 23.0 Å². The Kier molecular flexibility index (Phi) is 5.36. The van der Waals surface area contributed by atoms with Crippen LogP contribution in [0.25, 0.3) is 11.0 Å². The Balaban J connectivity index is 1.82. The quantitative estimate of drug-likeness (QED) is 0.515. The number of hydrogen-bond donors (Lipinski definition) is 2. The summed E-state index contributed by atoms with van der Waals surface area (Å²) >= 11 is 1.15. The Bertz CT molecular complexity index is 1070. The van der Waals surface area contributed by atoms with Gasteiger partial charge in [0, 0.05) is 11.7 Å². The summed E-state index contributed by atoms with van der Waals surface area (Å²) in [7, 11) is 0. The molecule has 0 aliphatic carbocycles. The summed E-state index contributed by atoms with van der Waals surface area (Å²) in [5.41, 5.74) is 2.62. The summed E-state index contributed by atoms with van der Waals surface area (Å²) in [6.07, 6.45) is 0. The maximum absolute atomic E-state index is 13.9. The number of aromatic nitrogens is 3. The fraction of sp³-hybridized carbons (Fsp3) is 0.316. The third-order valence-electron chi connectivity index (χ3n) is 4.03. The van der Waals surface area contributed by atoms with Crippen LogP contribution in [0.3, 0.4) is 0 Å². The van der Waals surface area contributed by atoms with Crippen molar-refractivity contribution in [3.05, 3.63) is 51.7 Å². The van der Waals surface area contributed by atoms with E-state index >= 15 is 0 Å². The van der Waals surface area contributed by atoms with Gasteiger partial charge in [-0.2, -0.15) is 0 Å². The first-order chi connectivity index (χ1) is 12.8. The highest BCUT2D eigenvalue weighted by Crippen LogP contribution is 2.22. The molecule has 6 nitrogen and oxygen atoms in total. The summed E-state index contributed by atoms with van der Waals surface area (Å²) in [5, 5.41) is 3.02. The average Bonchev–Trinajstić information content (AvgIpc) is 2.96. The van der Waals surface area contributed by atoms with Crippen molar-refractivity contribution in [2.24, 2.45) is 0 Å². The number of anilines is 1. The van der Waals surface area contributed by atoms with Crippen LogP contribution in [0.15, 0.2) is 34.2 Å². The van der Waals surface area contributed by atoms with Crippen molar-refractivity contribution in [3.8, 4) is 0 Å². The molecule has 1 amide bonds. The number of halogens is 1. The average molecular weight is 388 g/mol. The third-order valence-corrected chi connectivity index (χ3v) is 4.99. The number of benzene rings is 1. The molecule has 1 aromatic carbocycles. The monoisotopic (exact) mass is 388 g/mol. The van der Waals surface area contributed by atoms with Crippen molar-refractivity contribution >= 4 is 34.4 Å². The van der Waals surface area contributed by atoms with Crippen LogP contribution in [0.1, 0.15) is 31.1 Å². The minimum absolute atomic E-state index is 0.0153. The third kappa shape index (κ3) is 4.05. The van der Waals surface area contributed by atoms with E-state index in [9.17, 15) is 14.0 Å². The molecule has 0 saturated heterocycles. The summed E-state index contributed by atoms with van der Waals surface area (Å²) in [4.78, 5) is 32.5. The molecular formula is C19H21FN4O2S. The number of rotatable bonds is 5. The first-order valence-corrected chi connectivity index (χ1v) is 9.55. The predicted molar refractivity (Wildman–Crippen MR) is 106 cm³/mol. The molecule has 0 aliphatic rings. The van der Waals surface area contributed by atoms with Gasteiger partial charge in [0.25, 0.3) is 5.56 Å². The van der Waals surface area contributed by atoms with Gasteiger partial charge in [-0.25, -0.2) is 9.37 Å². The lowest BCUT2D eigenvalue weighted by Gasteiger charge is -2.15. The van der Waals surface area contributed by atoms with Crippen LogP contribution >= 0.6 is 11.8 Å². The molecule has 0 fully saturated rings. The fourth-order valence-electron chi connectivity index (χ4n) is 2.79. The molecule has 2 aromatic heterocycles. The molecule has 2 heterocycles. The van der Waals surface area contributed by atoms with E-state index in [0.29, 0.717) is 16.2 Å². The number of H-pyrrole nitrogens is 1. The maximum atomic E-state index is 13.9. The second-order valence-corrected chi connectivity index (χ2v) is 7.64. The van der Waals surface area contributed by atoms with Crippen molar-refractivity contribution in [3.63, 3.8) is 0 Å². The molecule has 0 bridgehead atoms. The topological polar surface area (TPSA) is 79.8 Å². The molecule has 0 radical (unpaired) electrons. The molecule has 2 N–H and O–H groups in total. The van der Waals surface area contributed by atoms with E-state index in [2.05, 4.69) is 15.3 Å². The van der Waals surface area contributed by atoms with Crippen LogP contribution < -0.4 is 10.9 Å². The molecule has 0 spiro atoms. The van der Waals surface area contributed by atoms with E-state index in [1.165, 1.54) is 12.1 Å². The van der Waals surface area contributed by atoms with Gasteiger partial charge < -0.3 is 10.3 Å². The molecule has 0 atom stereocenters. The van der Waals surface area contributed by atoms with Crippen molar-refractivity contribution in [2.75, 3.05) is 11.1 Å². The van der Waals surface area contributed by atoms with Gasteiger partial charge in [0.05, 0.1) is 17.0 Å². The van der Waals surface area contributed by atoms with Gasteiger partial charge in [0.15, 0.2) is 5.16 Å². The SMILES string of the molecule is Cc1ccc(NC(=O)CSc2nc3cc(C)[nH]c3c(=O)n2C(C)C)c(F)c1. The van der Waals surface area contributed by atoms with Crippen LogP contribution in [0.4, 0.5) is 10.1 Å². The first-order valence-electron chi connectivity index (χ1n) is 8.57. The minimum atomic E-state index is -0.477. The number of nitrogens with zero attached hydrogens (tertiary/aromatic N) is 2. The lowest BCUT2D eigenvalue weighted by molar-refractivity contribution is -0.113. The van der Waals surface area contributed by atoms with Crippen molar-refractivity contribution in [1.82, 2.24) is 14.5 Å². The summed E-state index contributed by atoms with van der Waals surface area (Å²) in [5.74, 6) is -0.825. The number of hydrogen-bond acceptors (Lipinski definition) is 4. The van der Waals surface area contributed by atoms with Gasteiger partial charge >= 0.3 is 0 Å². The second-order valence-electron chi connectivity index (χ2n) is 6.70. The van der Waals surface area contributed by atoms with Gasteiger partial charge in [-0.1, -0.05) is 17.8 Å². The van der Waals surface area contributed by atoms with Crippen molar-refractivity contribution in [1.29, 1.82) is 0 Å². The smallest absolute Gasteiger partial charge is 0.278 e. The normalized spacial score (nSPS) is 11.3. The van der Waals surface area contributed by atoms with E-state index in [1.54, 1.807) is 23.6 Å². The van der Waals surface area contributed by atoms with Gasteiger partial charge in [-0.15, -0.1) is 0 Å². The number of carbonyl (C=O) groups is 1. The number of aryl methyl sites for hydroxylation is 2. The molecule has 3 aromatic rings. The van der Waals surface area contributed by atoms with Gasteiger partial charge in [-0.3, -0.25) is 14.2 Å². The zero-order chi connectivity index (χ0) is 19.7. The lowest BCUT2D eigenvalue weighted by Crippen LogP contribution is -2.25. The second kappa shape index (κ2) is 7.56. The maximum Gasteiger partial charge on any atom is 0.278 e. The fourth-order valence-corrected chi connectivity index (χ4v) is 3.71. The van der Waals surface area contributed by atoms with Crippen molar-refractivity contribution < 1.29 is 9.18 Å². The van der Waals surface area contributed by atoms with Crippen LogP contribution in [-0.4, -0.2) is 26.2 Å². The van der Waals surface area contributed by atoms with Gasteiger partial charge in [0.1, 0.15) is 11.3 Å². The van der Waals surface area contributed by atoms with E-state index < -0.39 is 5.82 Å². The molecule has 8 heteroatoms. The number of carbonyl (C=O) groups excluding carboxylic acids is 1. The van der Waals surface area contributed by atoms with Crippen LogP contribution in [0.5, 0.6) is 0 Å². The number of aromatic amines is 1. The van der Waals surface area contributed by atoms with E-state index in [4.69, 9.17) is 0 Å². The van der Waals surface area contributed by atoms with Crippen LogP contribution in [-0.2, 0) is 4.79 Å². The highest BCUT2D eigenvalue weighted by Gasteiger charge is 2.17. The number of amides is 1. The predicted octanol–water partition coefficient (Wildman–Crippen LogP) is 3.79. The molecular weight excluding hydrogens is 367 g/mol. The molecule has 0 unspecified atom stereocenters. The standard InChI is InChI=1S/C19H21FN4O2S/c1-10(2)24-18(26)17-15(8-12(4)21-17)23-19(24)27-9-16(25)22-14-6-5-11(3)7-13(14)20/h5-8,10,21H,9H2,1-4H3,(H,22,25). The lowest BCUT2D eigenvalue weighted by atomic mass is 10.2. The molecule has 3 rings (SSSR count). The molecule has 0 saturated carbocycles. The molecule has 27 heavy (non-hydrogen) atoms. The zero-order valence-corrected chi connectivity index (χ0v) is 16.4. The highest BCUT2D eigenvalue weighted by molar-refractivity contribution is 7.99. The summed E-state index contributed by atoms with van der Waals surface area (Å²) < 4.78 is 15.4. The summed E-state index contributed by atoms with van der Waals surface area (Å²) in [6, 6.07) is 6.31. The highest BCUT2D eigenvalue weighted by atomic mass is 32.2. The Labute approximate surface area is 160 Å². The largest absolute Gasteiger partial charge is 0.353 e. The van der Waals surface area contributed by atoms with Crippen LogP contribution in [0, 0.1) is 19.7 Å². The number of nitrogens with one attached hydrogen (secondary N) is 2. The van der Waals surface area contributed by atoms with E-state index in [1.807, 2.05) is 20.8 Å². The van der Waals surface area contributed by atoms with Crippen molar-refractivity contribution in [2.45, 2.75) is 38.9 Å². The first kappa shape index (κ1) is 19.2. The Morgan fingerprint density at radius 3 is 2.74 bits per heavy atom. The van der Waals surface area contributed by atoms with E-state index in [-0.39, 0.29) is 28.9 Å². The Hall–Kier alpha value is -2.61. The molecule has 142 valence electrons. The number of fused-ring (bicyclic) bond motifs is 1. The van der Waals surface area contributed by atoms with Crippen LogP contribution in [0.2, 0.25) is 0 Å². The summed E-state index contributed by atoms with van der Waals surface area (Å²) in [6.45, 7) is 7.41. The Morgan fingerprint density at radius 1 is 1.33 bits per heavy atom. The molecule has 0 aliphatic heterocycles. The van der Waals surface area contributed by atoms with Gasteiger partial charge in [0.2, 0.25) is 5.91 Å².